The van der Waals surface area contributed by atoms with Gasteiger partial charge in [0.1, 0.15) is 6.10 Å². The molecule has 4 nitrogen and oxygen atoms in total. The van der Waals surface area contributed by atoms with Crippen LogP contribution in [0, 0.1) is 11.3 Å². The molecule has 1 atom stereocenters. The van der Waals surface area contributed by atoms with Crippen molar-refractivity contribution in [1.29, 1.82) is 5.26 Å². The van der Waals surface area contributed by atoms with Gasteiger partial charge in [-0.3, -0.25) is 0 Å². The van der Waals surface area contributed by atoms with Crippen LogP contribution in [0.2, 0.25) is 0 Å². The van der Waals surface area contributed by atoms with E-state index in [9.17, 15) is 10.4 Å². The van der Waals surface area contributed by atoms with Crippen LogP contribution in [0.5, 0.6) is 5.88 Å². The van der Waals surface area contributed by atoms with Gasteiger partial charge in [-0.2, -0.15) is 5.26 Å². The number of ether oxygens (including phenoxy) is 1. The zero-order valence-electron chi connectivity index (χ0n) is 16.6. The summed E-state index contributed by atoms with van der Waals surface area (Å²) in [6, 6.07) is 24.1. The van der Waals surface area contributed by atoms with E-state index in [1.165, 1.54) is 5.56 Å². The topological polar surface area (TPSA) is 66.1 Å². The quantitative estimate of drug-likeness (QED) is 0.497. The molecule has 1 aliphatic carbocycles. The number of aromatic nitrogens is 1. The third-order valence-electron chi connectivity index (χ3n) is 5.82. The summed E-state index contributed by atoms with van der Waals surface area (Å²) in [5.41, 5.74) is 7.32. The van der Waals surface area contributed by atoms with Gasteiger partial charge in [0.05, 0.1) is 24.3 Å². The molecule has 30 heavy (non-hydrogen) atoms. The van der Waals surface area contributed by atoms with Crippen molar-refractivity contribution in [1.82, 2.24) is 4.98 Å². The Balaban J connectivity index is 1.81. The molecule has 5 rings (SSSR count). The van der Waals surface area contributed by atoms with Gasteiger partial charge in [0.25, 0.3) is 0 Å². The molecule has 1 N–H and O–H groups in total. The summed E-state index contributed by atoms with van der Waals surface area (Å²) in [5, 5.41) is 21.6. The van der Waals surface area contributed by atoms with E-state index in [1.807, 2.05) is 42.5 Å². The molecule has 0 aliphatic heterocycles. The number of methoxy groups -OCH3 is 1. The van der Waals surface area contributed by atoms with Gasteiger partial charge in [0, 0.05) is 11.5 Å². The number of hydrogen-bond acceptors (Lipinski definition) is 4. The van der Waals surface area contributed by atoms with E-state index in [4.69, 9.17) is 4.74 Å². The largest absolute Gasteiger partial charge is 0.481 e. The van der Waals surface area contributed by atoms with Gasteiger partial charge in [-0.1, -0.05) is 42.5 Å². The molecule has 6 bridgehead atoms. The van der Waals surface area contributed by atoms with E-state index in [2.05, 4.69) is 35.3 Å². The molecular formula is C26H20N2O2. The summed E-state index contributed by atoms with van der Waals surface area (Å²) < 4.78 is 5.44. The Hall–Kier alpha value is -3.68. The first-order chi connectivity index (χ1) is 14.7. The first-order valence-corrected chi connectivity index (χ1v) is 9.95. The molecule has 3 aromatic carbocycles. The fourth-order valence-corrected chi connectivity index (χ4v) is 4.20. The molecule has 1 aliphatic rings. The van der Waals surface area contributed by atoms with E-state index < -0.39 is 6.10 Å². The normalized spacial score (nSPS) is 15.0. The lowest BCUT2D eigenvalue weighted by atomic mass is 9.94. The van der Waals surface area contributed by atoms with E-state index in [1.54, 1.807) is 7.11 Å². The Morgan fingerprint density at radius 1 is 1.00 bits per heavy atom. The molecule has 0 amide bonds. The first-order valence-electron chi connectivity index (χ1n) is 9.95. The molecular weight excluding hydrogens is 372 g/mol. The second kappa shape index (κ2) is 7.29. The highest BCUT2D eigenvalue weighted by molar-refractivity contribution is 5.95. The predicted molar refractivity (Wildman–Crippen MR) is 116 cm³/mol. The number of aliphatic hydroxyl groups is 1. The molecule has 4 aromatic rings. The highest BCUT2D eigenvalue weighted by Crippen LogP contribution is 2.35. The smallest absolute Gasteiger partial charge is 0.214 e. The molecule has 1 unspecified atom stereocenters. The lowest BCUT2D eigenvalue weighted by molar-refractivity contribution is 0.220. The minimum atomic E-state index is -0.778. The van der Waals surface area contributed by atoms with Gasteiger partial charge in [-0.25, -0.2) is 4.98 Å². The lowest BCUT2D eigenvalue weighted by Crippen LogP contribution is -2.03. The van der Waals surface area contributed by atoms with E-state index in [0.29, 0.717) is 11.4 Å². The number of benzene rings is 3. The minimum Gasteiger partial charge on any atom is -0.481 e. The van der Waals surface area contributed by atoms with Crippen LogP contribution in [-0.2, 0) is 12.8 Å². The van der Waals surface area contributed by atoms with Crippen LogP contribution in [0.1, 0.15) is 33.9 Å². The average Bonchev–Trinajstić information content (AvgIpc) is 2.80. The molecule has 0 saturated heterocycles. The monoisotopic (exact) mass is 392 g/mol. The Kier molecular flexibility index (Phi) is 4.46. The fraction of sp³-hybridized carbons (Fsp3) is 0.154. The summed E-state index contributed by atoms with van der Waals surface area (Å²) in [7, 11) is 1.62. The van der Waals surface area contributed by atoms with Crippen LogP contribution in [0.4, 0.5) is 0 Å². The van der Waals surface area contributed by atoms with Gasteiger partial charge in [-0.15, -0.1) is 0 Å². The van der Waals surface area contributed by atoms with Crippen LogP contribution in [0.15, 0.2) is 66.7 Å². The molecule has 0 radical (unpaired) electrons. The second-order valence-corrected chi connectivity index (χ2v) is 7.62. The highest BCUT2D eigenvalue weighted by Gasteiger charge is 2.17. The van der Waals surface area contributed by atoms with Gasteiger partial charge in [-0.05, 0) is 64.4 Å². The number of nitriles is 1. The maximum Gasteiger partial charge on any atom is 0.214 e. The molecule has 0 spiro atoms. The third kappa shape index (κ3) is 3.10. The van der Waals surface area contributed by atoms with Gasteiger partial charge >= 0.3 is 0 Å². The number of fused-ring (bicyclic) bond motifs is 6. The van der Waals surface area contributed by atoms with Crippen LogP contribution in [0.25, 0.3) is 22.0 Å². The number of pyridine rings is 1. The summed E-state index contributed by atoms with van der Waals surface area (Å²) in [4.78, 5) is 4.59. The third-order valence-corrected chi connectivity index (χ3v) is 5.82. The van der Waals surface area contributed by atoms with Crippen molar-refractivity contribution in [3.63, 3.8) is 0 Å². The van der Waals surface area contributed by atoms with Crippen molar-refractivity contribution in [2.45, 2.75) is 18.9 Å². The van der Waals surface area contributed by atoms with Crippen molar-refractivity contribution in [3.8, 4) is 23.1 Å². The maximum atomic E-state index is 11.1. The van der Waals surface area contributed by atoms with E-state index in [0.717, 1.165) is 51.6 Å². The number of nitrogens with zero attached hydrogens (tertiary/aromatic N) is 2. The van der Waals surface area contributed by atoms with Gasteiger partial charge in [0.15, 0.2) is 0 Å². The number of aliphatic hydroxyl groups excluding tert-OH is 1. The van der Waals surface area contributed by atoms with Crippen LogP contribution < -0.4 is 4.74 Å². The highest BCUT2D eigenvalue weighted by atomic mass is 16.5. The SMILES string of the molecule is COc1cc2c3cc(ccc3n1)C(O)c1ccc(C#N)c(c1)CCc1cccc-2c1. The Labute approximate surface area is 175 Å². The molecule has 146 valence electrons. The number of aryl methyl sites for hydroxylation is 2. The van der Waals surface area contributed by atoms with E-state index >= 15 is 0 Å². The summed E-state index contributed by atoms with van der Waals surface area (Å²) >= 11 is 0. The van der Waals surface area contributed by atoms with Crippen molar-refractivity contribution >= 4 is 10.9 Å². The van der Waals surface area contributed by atoms with Crippen molar-refractivity contribution < 1.29 is 9.84 Å². The molecule has 0 saturated carbocycles. The Bertz CT molecular complexity index is 1320. The summed E-state index contributed by atoms with van der Waals surface area (Å²) in [5.74, 6) is 0.561. The van der Waals surface area contributed by atoms with Crippen molar-refractivity contribution in [2.24, 2.45) is 0 Å². The van der Waals surface area contributed by atoms with Crippen LogP contribution in [-0.4, -0.2) is 17.2 Å². The summed E-state index contributed by atoms with van der Waals surface area (Å²) in [6.45, 7) is 0. The zero-order valence-corrected chi connectivity index (χ0v) is 16.6. The number of hydrogen-bond donors (Lipinski definition) is 1. The number of rotatable bonds is 1. The van der Waals surface area contributed by atoms with Gasteiger partial charge in [0.2, 0.25) is 5.88 Å². The zero-order chi connectivity index (χ0) is 20.7. The molecule has 1 aromatic heterocycles. The average molecular weight is 392 g/mol. The molecule has 4 heteroatoms. The van der Waals surface area contributed by atoms with Crippen molar-refractivity contribution in [3.05, 3.63) is 94.5 Å². The Morgan fingerprint density at radius 2 is 1.83 bits per heavy atom. The standard InChI is InChI=1S/C26H20N2O2/c1-30-25-14-22-18-4-2-3-16(11-18)5-6-17-12-19(7-8-21(17)15-27)26(29)20-9-10-24(28-25)23(22)13-20/h2-4,7-14,26,29H,5-6H2,1H3. The minimum absolute atomic E-state index is 0.561. The summed E-state index contributed by atoms with van der Waals surface area (Å²) in [6.07, 6.45) is 0.768. The molecule has 0 fully saturated rings. The predicted octanol–water partition coefficient (Wildman–Crippen LogP) is 4.96. The maximum absolute atomic E-state index is 11.1. The van der Waals surface area contributed by atoms with Crippen LogP contribution >= 0.6 is 0 Å². The Morgan fingerprint density at radius 3 is 2.67 bits per heavy atom. The first kappa shape index (κ1) is 18.4. The fourth-order valence-electron chi connectivity index (χ4n) is 4.20. The lowest BCUT2D eigenvalue weighted by Gasteiger charge is -2.15. The molecule has 1 heterocycles. The van der Waals surface area contributed by atoms with Crippen LogP contribution in [0.3, 0.4) is 0 Å². The van der Waals surface area contributed by atoms with Gasteiger partial charge < -0.3 is 9.84 Å². The van der Waals surface area contributed by atoms with Crippen molar-refractivity contribution in [2.75, 3.05) is 7.11 Å². The van der Waals surface area contributed by atoms with E-state index in [-0.39, 0.29) is 0 Å². The second-order valence-electron chi connectivity index (χ2n) is 7.62.